The molecule has 0 atom stereocenters. The highest BCUT2D eigenvalue weighted by molar-refractivity contribution is 7.86. The summed E-state index contributed by atoms with van der Waals surface area (Å²) < 4.78 is 84.2. The average Bonchev–Trinajstić information content (AvgIpc) is 3.07. The molecule has 0 aliphatic carbocycles. The van der Waals surface area contributed by atoms with Gasteiger partial charge >= 0.3 is 12.4 Å². The van der Waals surface area contributed by atoms with E-state index in [2.05, 4.69) is 110 Å². The molecule has 0 amide bonds. The molecular formula is C38H36F6NO2P. The van der Waals surface area contributed by atoms with Gasteiger partial charge in [0.1, 0.15) is 22.5 Å². The highest BCUT2D eigenvalue weighted by atomic mass is 31.2. The normalized spacial score (nSPS) is 12.4. The van der Waals surface area contributed by atoms with Gasteiger partial charge < -0.3 is 10.2 Å². The molecule has 0 saturated heterocycles. The van der Waals surface area contributed by atoms with Gasteiger partial charge in [0.2, 0.25) is 5.41 Å². The van der Waals surface area contributed by atoms with E-state index in [4.69, 9.17) is 5.11 Å². The number of nitrogens with zero attached hydrogens (tertiary/aromatic N) is 1. The van der Waals surface area contributed by atoms with E-state index in [1.165, 1.54) is 16.2 Å². The van der Waals surface area contributed by atoms with Crippen LogP contribution in [-0.2, 0) is 11.6 Å². The Morgan fingerprint density at radius 3 is 1.31 bits per heavy atom. The summed E-state index contributed by atoms with van der Waals surface area (Å²) in [6.45, 7) is 6.69. The number of halogens is 6. The zero-order chi connectivity index (χ0) is 35.0. The van der Waals surface area contributed by atoms with Crippen molar-refractivity contribution in [3.63, 3.8) is 0 Å². The molecule has 10 heteroatoms. The van der Waals surface area contributed by atoms with E-state index in [1.54, 1.807) is 0 Å². The molecule has 0 aromatic heterocycles. The standard InChI is InChI=1S/C23H27NP.C15H10F6O2/c1-3-24(4-2)25(22-16-10-6-11-17-22,23-18-12-7-13-19-23)20-21-14-8-5-9-15-21;16-14(17,18)13(15(19,20)21,9-1-5-11(22)6-2-9)10-3-7-12(23)8-4-10/h5-19H,3-4,20H2,1-2H3;1-8,22-23H/q+1;/p-1. The molecular weight excluding hydrogens is 647 g/mol. The minimum absolute atomic E-state index is 0.470. The lowest BCUT2D eigenvalue weighted by Crippen LogP contribution is -2.54. The zero-order valence-electron chi connectivity index (χ0n) is 26.4. The summed E-state index contributed by atoms with van der Waals surface area (Å²) >= 11 is 0. The molecule has 0 unspecified atom stereocenters. The smallest absolute Gasteiger partial charge is 0.411 e. The molecule has 0 heterocycles. The number of rotatable bonds is 9. The molecule has 48 heavy (non-hydrogen) atoms. The third kappa shape index (κ3) is 7.38. The molecule has 0 spiro atoms. The summed E-state index contributed by atoms with van der Waals surface area (Å²) in [4.78, 5) is 0. The second kappa shape index (κ2) is 15.3. The Labute approximate surface area is 277 Å². The predicted molar refractivity (Wildman–Crippen MR) is 179 cm³/mol. The number of benzene rings is 5. The number of phenolic OH excluding ortho intramolecular Hbond substituents is 1. The van der Waals surface area contributed by atoms with Crippen LogP contribution in [0, 0.1) is 0 Å². The fourth-order valence-corrected chi connectivity index (χ4v) is 10.6. The van der Waals surface area contributed by atoms with Gasteiger partial charge in [-0.05, 0) is 66.9 Å². The van der Waals surface area contributed by atoms with Crippen molar-refractivity contribution in [1.29, 1.82) is 0 Å². The Morgan fingerprint density at radius 1 is 0.562 bits per heavy atom. The van der Waals surface area contributed by atoms with Crippen molar-refractivity contribution in [2.24, 2.45) is 0 Å². The highest BCUT2D eigenvalue weighted by Crippen LogP contribution is 2.62. The fraction of sp³-hybridized carbons (Fsp3) is 0.211. The van der Waals surface area contributed by atoms with Crippen LogP contribution in [0.5, 0.6) is 11.5 Å². The molecule has 5 rings (SSSR count). The minimum atomic E-state index is -5.72. The molecule has 0 fully saturated rings. The molecule has 1 N–H and O–H groups in total. The Morgan fingerprint density at radius 2 is 0.938 bits per heavy atom. The van der Waals surface area contributed by atoms with Crippen LogP contribution in [0.1, 0.15) is 30.5 Å². The Balaban J connectivity index is 0.000000218. The van der Waals surface area contributed by atoms with Crippen LogP contribution in [0.25, 0.3) is 0 Å². The second-order valence-corrected chi connectivity index (χ2v) is 14.5. The van der Waals surface area contributed by atoms with E-state index in [1.807, 2.05) is 0 Å². The summed E-state index contributed by atoms with van der Waals surface area (Å²) in [5, 5.41) is 23.1. The second-order valence-electron chi connectivity index (χ2n) is 11.0. The predicted octanol–water partition coefficient (Wildman–Crippen LogP) is 8.99. The molecule has 252 valence electrons. The number of alkyl halides is 6. The van der Waals surface area contributed by atoms with Gasteiger partial charge in [-0.3, -0.25) is 0 Å². The Kier molecular flexibility index (Phi) is 11.6. The number of hydrogen-bond acceptors (Lipinski definition) is 3. The van der Waals surface area contributed by atoms with Crippen LogP contribution in [-0.4, -0.2) is 35.2 Å². The first kappa shape index (κ1) is 36.5. The molecule has 5 aromatic carbocycles. The first-order chi connectivity index (χ1) is 22.8. The van der Waals surface area contributed by atoms with Crippen LogP contribution in [0.3, 0.4) is 0 Å². The van der Waals surface area contributed by atoms with Crippen LogP contribution < -0.4 is 15.7 Å². The van der Waals surface area contributed by atoms with Gasteiger partial charge in [0.15, 0.2) is 7.41 Å². The molecule has 3 nitrogen and oxygen atoms in total. The SMILES string of the molecule is CCN(CC)[P+](Cc1ccccc1)(c1ccccc1)c1ccccc1.[O-]c1ccc(C(c2ccc(O)cc2)(C(F)(F)F)C(F)(F)F)cc1. The highest BCUT2D eigenvalue weighted by Gasteiger charge is 2.72. The number of aromatic hydroxyl groups is 1. The maximum absolute atomic E-state index is 13.6. The zero-order valence-corrected chi connectivity index (χ0v) is 27.3. The van der Waals surface area contributed by atoms with Gasteiger partial charge in [-0.1, -0.05) is 103 Å². The van der Waals surface area contributed by atoms with Crippen LogP contribution in [0.15, 0.2) is 140 Å². The number of hydrogen-bond donors (Lipinski definition) is 1. The summed E-state index contributed by atoms with van der Waals surface area (Å²) in [7, 11) is -1.70. The van der Waals surface area contributed by atoms with Crippen molar-refractivity contribution in [2.45, 2.75) is 37.8 Å². The van der Waals surface area contributed by atoms with E-state index < -0.39 is 47.8 Å². The van der Waals surface area contributed by atoms with Gasteiger partial charge in [-0.15, -0.1) is 5.75 Å². The van der Waals surface area contributed by atoms with Crippen molar-refractivity contribution in [1.82, 2.24) is 4.67 Å². The van der Waals surface area contributed by atoms with Crippen LogP contribution in [0.2, 0.25) is 0 Å². The Hall–Kier alpha value is -4.33. The van der Waals surface area contributed by atoms with Gasteiger partial charge in [0.25, 0.3) is 0 Å². The topological polar surface area (TPSA) is 46.5 Å². The third-order valence-electron chi connectivity index (χ3n) is 8.27. The van der Waals surface area contributed by atoms with Gasteiger partial charge in [0.05, 0.1) is 0 Å². The minimum Gasteiger partial charge on any atom is -0.872 e. The van der Waals surface area contributed by atoms with E-state index in [0.717, 1.165) is 31.4 Å². The van der Waals surface area contributed by atoms with Gasteiger partial charge in [-0.25, -0.2) is 0 Å². The van der Waals surface area contributed by atoms with Crippen molar-refractivity contribution in [2.75, 3.05) is 13.1 Å². The first-order valence-corrected chi connectivity index (χ1v) is 17.2. The van der Waals surface area contributed by atoms with Crippen molar-refractivity contribution in [3.8, 4) is 11.5 Å². The van der Waals surface area contributed by atoms with Gasteiger partial charge in [0, 0.05) is 13.1 Å². The van der Waals surface area contributed by atoms with Crippen molar-refractivity contribution in [3.05, 3.63) is 156 Å². The van der Waals surface area contributed by atoms with E-state index in [9.17, 15) is 31.4 Å². The third-order valence-corrected chi connectivity index (χ3v) is 12.9. The number of phenols is 1. The Bertz CT molecular complexity index is 1590. The largest absolute Gasteiger partial charge is 0.872 e. The van der Waals surface area contributed by atoms with Crippen LogP contribution >= 0.6 is 7.41 Å². The molecule has 0 saturated carbocycles. The molecule has 0 bridgehead atoms. The molecule has 0 aliphatic heterocycles. The van der Waals surface area contributed by atoms with Gasteiger partial charge in [-0.2, -0.15) is 31.0 Å². The quantitative estimate of drug-likeness (QED) is 0.125. The molecule has 0 aliphatic rings. The van der Waals surface area contributed by atoms with E-state index in [-0.39, 0.29) is 0 Å². The summed E-state index contributed by atoms with van der Waals surface area (Å²) in [6.07, 6.45) is -10.4. The lowest BCUT2D eigenvalue weighted by Gasteiger charge is -2.38. The van der Waals surface area contributed by atoms with E-state index >= 15 is 0 Å². The first-order valence-electron chi connectivity index (χ1n) is 15.3. The average molecular weight is 684 g/mol. The summed E-state index contributed by atoms with van der Waals surface area (Å²) in [6, 6.07) is 38.1. The fourth-order valence-electron chi connectivity index (χ4n) is 6.06. The lowest BCUT2D eigenvalue weighted by molar-refractivity contribution is -0.289. The summed E-state index contributed by atoms with van der Waals surface area (Å²) in [5.74, 6) is -1.18. The maximum atomic E-state index is 13.6. The molecule has 5 aromatic rings. The van der Waals surface area contributed by atoms with Crippen molar-refractivity contribution >= 4 is 18.0 Å². The monoisotopic (exact) mass is 683 g/mol. The van der Waals surface area contributed by atoms with E-state index in [0.29, 0.717) is 36.4 Å². The van der Waals surface area contributed by atoms with Crippen LogP contribution in [0.4, 0.5) is 26.3 Å². The maximum Gasteiger partial charge on any atom is 0.411 e. The summed E-state index contributed by atoms with van der Waals surface area (Å²) in [5.41, 5.74) is -5.12. The molecule has 0 radical (unpaired) electrons. The lowest BCUT2D eigenvalue weighted by atomic mass is 9.73. The van der Waals surface area contributed by atoms with Crippen molar-refractivity contribution < 1.29 is 36.6 Å².